The molecule has 12 heavy (non-hydrogen) atoms. The van der Waals surface area contributed by atoms with Crippen molar-refractivity contribution in [3.05, 3.63) is 0 Å². The molecule has 0 amide bonds. The summed E-state index contributed by atoms with van der Waals surface area (Å²) >= 11 is 0. The molecule has 0 saturated heterocycles. The van der Waals surface area contributed by atoms with E-state index in [1.54, 1.807) is 0 Å². The van der Waals surface area contributed by atoms with Gasteiger partial charge in [0, 0.05) is 12.1 Å². The van der Waals surface area contributed by atoms with E-state index in [0.29, 0.717) is 12.6 Å². The van der Waals surface area contributed by atoms with Crippen molar-refractivity contribution in [1.29, 1.82) is 0 Å². The topological polar surface area (TPSA) is 32.3 Å². The van der Waals surface area contributed by atoms with Gasteiger partial charge in [0.2, 0.25) is 0 Å². The number of rotatable bonds is 4. The second-order valence-corrected chi connectivity index (χ2v) is 4.27. The molecule has 0 aromatic heterocycles. The molecule has 0 bridgehead atoms. The van der Waals surface area contributed by atoms with Crippen LogP contribution in [0.4, 0.5) is 0 Å². The Bertz CT molecular complexity index is 139. The highest BCUT2D eigenvalue weighted by Crippen LogP contribution is 2.29. The molecule has 2 heteroatoms. The number of aliphatic hydroxyl groups is 1. The van der Waals surface area contributed by atoms with Crippen LogP contribution in [0.1, 0.15) is 38.5 Å². The number of aliphatic hydroxyl groups excluding tert-OH is 1. The lowest BCUT2D eigenvalue weighted by Crippen LogP contribution is -2.39. The van der Waals surface area contributed by atoms with E-state index in [9.17, 15) is 5.11 Å². The Morgan fingerprint density at radius 1 is 1.17 bits per heavy atom. The van der Waals surface area contributed by atoms with Crippen LogP contribution >= 0.6 is 0 Å². The summed E-state index contributed by atoms with van der Waals surface area (Å²) in [5.74, 6) is 0.760. The molecular formula is C10H19NO. The predicted octanol–water partition coefficient (Wildman–Crippen LogP) is 1.29. The predicted molar refractivity (Wildman–Crippen MR) is 49.0 cm³/mol. The molecule has 2 saturated carbocycles. The fraction of sp³-hybridized carbons (Fsp3) is 1.00. The van der Waals surface area contributed by atoms with Gasteiger partial charge in [-0.15, -0.1) is 0 Å². The van der Waals surface area contributed by atoms with E-state index >= 15 is 0 Å². The third kappa shape index (κ3) is 1.99. The van der Waals surface area contributed by atoms with Crippen LogP contribution in [0.3, 0.4) is 0 Å². The van der Waals surface area contributed by atoms with Crippen LogP contribution in [0, 0.1) is 5.92 Å². The molecule has 2 nitrogen and oxygen atoms in total. The molecule has 0 radical (unpaired) electrons. The zero-order chi connectivity index (χ0) is 8.39. The van der Waals surface area contributed by atoms with Gasteiger partial charge in [-0.2, -0.15) is 0 Å². The molecule has 1 atom stereocenters. The maximum absolute atomic E-state index is 9.20. The first-order valence-corrected chi connectivity index (χ1v) is 5.27. The molecule has 0 heterocycles. The minimum Gasteiger partial charge on any atom is -0.395 e. The third-order valence-corrected chi connectivity index (χ3v) is 3.19. The average Bonchev–Trinajstić information content (AvgIpc) is 2.74. The van der Waals surface area contributed by atoms with Gasteiger partial charge in [-0.25, -0.2) is 0 Å². The molecule has 0 spiro atoms. The Labute approximate surface area is 74.4 Å². The van der Waals surface area contributed by atoms with Gasteiger partial charge < -0.3 is 10.4 Å². The van der Waals surface area contributed by atoms with Gasteiger partial charge in [-0.1, -0.05) is 12.8 Å². The molecule has 0 aromatic rings. The highest BCUT2D eigenvalue weighted by atomic mass is 16.3. The largest absolute Gasteiger partial charge is 0.395 e. The van der Waals surface area contributed by atoms with E-state index in [2.05, 4.69) is 5.32 Å². The maximum Gasteiger partial charge on any atom is 0.0587 e. The Hall–Kier alpha value is -0.0800. The Morgan fingerprint density at radius 3 is 2.33 bits per heavy atom. The lowest BCUT2D eigenvalue weighted by molar-refractivity contribution is 0.198. The highest BCUT2D eigenvalue weighted by molar-refractivity contribution is 4.88. The summed E-state index contributed by atoms with van der Waals surface area (Å²) in [6.07, 6.45) is 8.03. The van der Waals surface area contributed by atoms with Gasteiger partial charge in [0.05, 0.1) is 6.61 Å². The standard InChI is InChI=1S/C10H19NO/c12-7-10(11-9-5-6-9)8-3-1-2-4-8/h8-12H,1-7H2. The van der Waals surface area contributed by atoms with E-state index in [0.717, 1.165) is 12.0 Å². The van der Waals surface area contributed by atoms with Crippen molar-refractivity contribution in [1.82, 2.24) is 5.32 Å². The normalized spacial score (nSPS) is 27.8. The summed E-state index contributed by atoms with van der Waals surface area (Å²) in [4.78, 5) is 0. The quantitative estimate of drug-likeness (QED) is 0.664. The monoisotopic (exact) mass is 169 g/mol. The van der Waals surface area contributed by atoms with Crippen molar-refractivity contribution in [3.8, 4) is 0 Å². The minimum atomic E-state index is 0.334. The van der Waals surface area contributed by atoms with Crippen LogP contribution in [0.15, 0.2) is 0 Å². The van der Waals surface area contributed by atoms with Crippen molar-refractivity contribution in [3.63, 3.8) is 0 Å². The molecule has 2 aliphatic carbocycles. The van der Waals surface area contributed by atoms with Crippen LogP contribution in [0.2, 0.25) is 0 Å². The lowest BCUT2D eigenvalue weighted by atomic mass is 9.99. The van der Waals surface area contributed by atoms with Crippen molar-refractivity contribution < 1.29 is 5.11 Å². The van der Waals surface area contributed by atoms with Crippen LogP contribution in [-0.4, -0.2) is 23.8 Å². The number of hydrogen-bond donors (Lipinski definition) is 2. The van der Waals surface area contributed by atoms with Gasteiger partial charge in [-0.3, -0.25) is 0 Å². The van der Waals surface area contributed by atoms with Gasteiger partial charge in [0.25, 0.3) is 0 Å². The van der Waals surface area contributed by atoms with Gasteiger partial charge >= 0.3 is 0 Å². The van der Waals surface area contributed by atoms with E-state index in [1.807, 2.05) is 0 Å². The average molecular weight is 169 g/mol. The summed E-state index contributed by atoms with van der Waals surface area (Å²) < 4.78 is 0. The summed E-state index contributed by atoms with van der Waals surface area (Å²) in [5.41, 5.74) is 0. The number of hydrogen-bond acceptors (Lipinski definition) is 2. The second kappa shape index (κ2) is 3.75. The third-order valence-electron chi connectivity index (χ3n) is 3.19. The van der Waals surface area contributed by atoms with Crippen LogP contribution in [0.25, 0.3) is 0 Å². The van der Waals surface area contributed by atoms with Crippen molar-refractivity contribution >= 4 is 0 Å². The zero-order valence-electron chi connectivity index (χ0n) is 7.63. The van der Waals surface area contributed by atoms with Gasteiger partial charge in [0.15, 0.2) is 0 Å². The molecule has 0 aliphatic heterocycles. The smallest absolute Gasteiger partial charge is 0.0587 e. The van der Waals surface area contributed by atoms with E-state index in [-0.39, 0.29) is 0 Å². The SMILES string of the molecule is OCC(NC1CC1)C1CCCC1. The second-order valence-electron chi connectivity index (χ2n) is 4.27. The minimum absolute atomic E-state index is 0.334. The van der Waals surface area contributed by atoms with Crippen LogP contribution in [-0.2, 0) is 0 Å². The molecular weight excluding hydrogens is 150 g/mol. The molecule has 2 fully saturated rings. The lowest BCUT2D eigenvalue weighted by Gasteiger charge is -2.22. The van der Waals surface area contributed by atoms with Crippen molar-refractivity contribution in [2.45, 2.75) is 50.6 Å². The summed E-state index contributed by atoms with van der Waals surface area (Å²) in [6, 6.07) is 1.14. The molecule has 2 rings (SSSR count). The van der Waals surface area contributed by atoms with Gasteiger partial charge in [0.1, 0.15) is 0 Å². The Balaban J connectivity index is 1.78. The van der Waals surface area contributed by atoms with Crippen LogP contribution < -0.4 is 5.32 Å². The van der Waals surface area contributed by atoms with Crippen molar-refractivity contribution in [2.75, 3.05) is 6.61 Å². The summed E-state index contributed by atoms with van der Waals surface area (Å²) in [7, 11) is 0. The number of nitrogens with one attached hydrogen (secondary N) is 1. The zero-order valence-corrected chi connectivity index (χ0v) is 7.63. The summed E-state index contributed by atoms with van der Waals surface area (Å²) in [5, 5.41) is 12.7. The fourth-order valence-electron chi connectivity index (χ4n) is 2.25. The molecule has 1 unspecified atom stereocenters. The first kappa shape index (κ1) is 8.52. The summed E-state index contributed by atoms with van der Waals surface area (Å²) in [6.45, 7) is 0.334. The Kier molecular flexibility index (Phi) is 2.66. The molecule has 70 valence electrons. The fourth-order valence-corrected chi connectivity index (χ4v) is 2.25. The molecule has 2 N–H and O–H groups in total. The first-order valence-electron chi connectivity index (χ1n) is 5.27. The Morgan fingerprint density at radius 2 is 1.83 bits per heavy atom. The van der Waals surface area contributed by atoms with E-state index < -0.39 is 0 Å². The molecule has 0 aromatic carbocycles. The highest BCUT2D eigenvalue weighted by Gasteiger charge is 2.30. The van der Waals surface area contributed by atoms with E-state index in [4.69, 9.17) is 0 Å². The van der Waals surface area contributed by atoms with E-state index in [1.165, 1.54) is 38.5 Å². The van der Waals surface area contributed by atoms with Crippen molar-refractivity contribution in [2.24, 2.45) is 5.92 Å². The first-order chi connectivity index (χ1) is 5.90. The maximum atomic E-state index is 9.20. The van der Waals surface area contributed by atoms with Crippen LogP contribution in [0.5, 0.6) is 0 Å². The van der Waals surface area contributed by atoms with Gasteiger partial charge in [-0.05, 0) is 31.6 Å². The molecule has 2 aliphatic rings.